The van der Waals surface area contributed by atoms with Crippen LogP contribution in [0.4, 0.5) is 39.5 Å². The summed E-state index contributed by atoms with van der Waals surface area (Å²) in [6.45, 7) is -2.08. The van der Waals surface area contributed by atoms with Crippen molar-refractivity contribution in [1.82, 2.24) is 0 Å². The van der Waals surface area contributed by atoms with E-state index in [9.17, 15) is 39.5 Å². The summed E-state index contributed by atoms with van der Waals surface area (Å²) in [6, 6.07) is 3.07. The van der Waals surface area contributed by atoms with Crippen molar-refractivity contribution in [3.05, 3.63) is 88.8 Å². The van der Waals surface area contributed by atoms with E-state index < -0.39 is 75.5 Å². The third kappa shape index (κ3) is 3.12. The van der Waals surface area contributed by atoms with Gasteiger partial charge in [0.05, 0.1) is 0 Å². The van der Waals surface area contributed by atoms with Gasteiger partial charge >= 0.3 is 0 Å². The van der Waals surface area contributed by atoms with Gasteiger partial charge in [-0.1, -0.05) is 18.2 Å². The summed E-state index contributed by atoms with van der Waals surface area (Å²) >= 11 is 0. The van der Waals surface area contributed by atoms with Crippen molar-refractivity contribution in [1.29, 1.82) is 0 Å². The van der Waals surface area contributed by atoms with E-state index in [0.29, 0.717) is 36.4 Å². The van der Waals surface area contributed by atoms with Crippen molar-refractivity contribution in [2.24, 2.45) is 0 Å². The zero-order chi connectivity index (χ0) is 20.7. The molecule has 0 aromatic heterocycles. The van der Waals surface area contributed by atoms with Crippen LogP contribution in [0.2, 0.25) is 0 Å². The molecule has 0 radical (unpaired) electrons. The molecule has 0 bridgehead atoms. The highest BCUT2D eigenvalue weighted by atomic mass is 19.2. The van der Waals surface area contributed by atoms with E-state index in [0.717, 1.165) is 0 Å². The van der Waals surface area contributed by atoms with Crippen molar-refractivity contribution in [3.63, 3.8) is 0 Å². The van der Waals surface area contributed by atoms with Crippen LogP contribution < -0.4 is 16.4 Å². The quantitative estimate of drug-likeness (QED) is 0.357. The Morgan fingerprint density at radius 2 is 0.607 bits per heavy atom. The Morgan fingerprint density at radius 3 is 0.857 bits per heavy atom. The van der Waals surface area contributed by atoms with Gasteiger partial charge in [-0.05, 0) is 34.6 Å². The van der Waals surface area contributed by atoms with Crippen molar-refractivity contribution in [2.45, 2.75) is 0 Å². The van der Waals surface area contributed by atoms with Crippen LogP contribution in [-0.2, 0) is 0 Å². The molecule has 0 saturated heterocycles. The van der Waals surface area contributed by atoms with E-state index in [1.165, 1.54) is 0 Å². The first-order valence-electron chi connectivity index (χ1n) is 7.55. The molecule has 0 fully saturated rings. The number of hydrogen-bond donors (Lipinski definition) is 0. The molecule has 0 N–H and O–H groups in total. The smallest absolute Gasteiger partial charge is 0.204 e. The van der Waals surface area contributed by atoms with Gasteiger partial charge in [-0.2, -0.15) is 0 Å². The van der Waals surface area contributed by atoms with Crippen LogP contribution in [0.3, 0.4) is 0 Å². The van der Waals surface area contributed by atoms with Gasteiger partial charge < -0.3 is 0 Å². The summed E-state index contributed by atoms with van der Waals surface area (Å²) in [5.41, 5.74) is -2.73. The molecule has 0 aliphatic carbocycles. The Balaban J connectivity index is 2.38. The van der Waals surface area contributed by atoms with Gasteiger partial charge in [-0.25, -0.2) is 39.5 Å². The molecule has 10 heteroatoms. The molecule has 0 spiro atoms. The standard InChI is InChI=1S/C18H6BF9/c20-10-4-1-7(13(23)16(10)26)19(8-2-5-11(21)17(27)14(8)24)9-3-6-12(22)18(28)15(9)25/h1-6H. The highest BCUT2D eigenvalue weighted by Crippen LogP contribution is 2.15. The summed E-state index contributed by atoms with van der Waals surface area (Å²) in [5, 5.41) is 0. The molecule has 28 heavy (non-hydrogen) atoms. The minimum atomic E-state index is -2.08. The first kappa shape index (κ1) is 19.8. The second-order valence-electron chi connectivity index (χ2n) is 5.73. The van der Waals surface area contributed by atoms with Crippen LogP contribution in [0.25, 0.3) is 0 Å². The number of benzene rings is 3. The van der Waals surface area contributed by atoms with Gasteiger partial charge in [0, 0.05) is 0 Å². The summed E-state index contributed by atoms with van der Waals surface area (Å²) < 4.78 is 124. The Labute approximate surface area is 152 Å². The first-order valence-corrected chi connectivity index (χ1v) is 7.55. The molecule has 0 unspecified atom stereocenters. The van der Waals surface area contributed by atoms with Gasteiger partial charge in [0.25, 0.3) is 6.71 Å². The molecular formula is C18H6BF9. The summed E-state index contributed by atoms with van der Waals surface area (Å²) in [6.07, 6.45) is 0. The third-order valence-electron chi connectivity index (χ3n) is 4.13. The fourth-order valence-corrected chi connectivity index (χ4v) is 2.79. The van der Waals surface area contributed by atoms with E-state index in [1.807, 2.05) is 0 Å². The Morgan fingerprint density at radius 1 is 0.357 bits per heavy atom. The lowest BCUT2D eigenvalue weighted by molar-refractivity contribution is 0.448. The van der Waals surface area contributed by atoms with Crippen LogP contribution in [0, 0.1) is 52.4 Å². The topological polar surface area (TPSA) is 0 Å². The van der Waals surface area contributed by atoms with Crippen LogP contribution in [0.5, 0.6) is 0 Å². The molecular weight excluding hydrogens is 398 g/mol. The minimum Gasteiger partial charge on any atom is -0.204 e. The number of hydrogen-bond acceptors (Lipinski definition) is 0. The summed E-state index contributed by atoms with van der Waals surface area (Å²) in [4.78, 5) is 0. The van der Waals surface area contributed by atoms with Gasteiger partial charge in [0.1, 0.15) is 0 Å². The Bertz CT molecular complexity index is 945. The van der Waals surface area contributed by atoms with Crippen molar-refractivity contribution < 1.29 is 39.5 Å². The molecule has 144 valence electrons. The van der Waals surface area contributed by atoms with Crippen LogP contribution in [0.1, 0.15) is 0 Å². The van der Waals surface area contributed by atoms with Gasteiger partial charge in [-0.15, -0.1) is 0 Å². The molecule has 0 amide bonds. The maximum atomic E-state index is 14.3. The summed E-state index contributed by atoms with van der Waals surface area (Å²) in [5.74, 6) is -16.6. The third-order valence-corrected chi connectivity index (χ3v) is 4.13. The normalized spacial score (nSPS) is 11.0. The van der Waals surface area contributed by atoms with E-state index in [-0.39, 0.29) is 0 Å². The fourth-order valence-electron chi connectivity index (χ4n) is 2.79. The molecule has 0 aliphatic rings. The lowest BCUT2D eigenvalue weighted by Gasteiger charge is -2.18. The second kappa shape index (κ2) is 7.25. The molecule has 3 rings (SSSR count). The zero-order valence-electron chi connectivity index (χ0n) is 13.4. The monoisotopic (exact) mass is 404 g/mol. The minimum absolute atomic E-state index is 0.427. The lowest BCUT2D eigenvalue weighted by atomic mass is 9.36. The predicted octanol–water partition coefficient (Wildman–Crippen LogP) is 3.45. The molecule has 0 heterocycles. The van der Waals surface area contributed by atoms with E-state index in [1.54, 1.807) is 0 Å². The molecule has 0 nitrogen and oxygen atoms in total. The Hall–Kier alpha value is -2.91. The number of halogens is 9. The van der Waals surface area contributed by atoms with Crippen molar-refractivity contribution >= 4 is 23.1 Å². The van der Waals surface area contributed by atoms with Gasteiger partial charge in [-0.3, -0.25) is 0 Å². The van der Waals surface area contributed by atoms with Crippen molar-refractivity contribution in [3.8, 4) is 0 Å². The Kier molecular flexibility index (Phi) is 5.14. The molecule has 0 saturated carbocycles. The highest BCUT2D eigenvalue weighted by molar-refractivity contribution is 6.95. The first-order chi connectivity index (χ1) is 13.1. The fraction of sp³-hybridized carbons (Fsp3) is 0. The second-order valence-corrected chi connectivity index (χ2v) is 5.73. The molecule has 0 aliphatic heterocycles. The average molecular weight is 404 g/mol. The van der Waals surface area contributed by atoms with Gasteiger partial charge in [0.15, 0.2) is 52.4 Å². The average Bonchev–Trinajstić information content (AvgIpc) is 2.67. The summed E-state index contributed by atoms with van der Waals surface area (Å²) in [7, 11) is 0. The lowest BCUT2D eigenvalue weighted by Crippen LogP contribution is -2.56. The zero-order valence-corrected chi connectivity index (χ0v) is 13.4. The van der Waals surface area contributed by atoms with Gasteiger partial charge in [0.2, 0.25) is 0 Å². The maximum Gasteiger partial charge on any atom is 0.253 e. The van der Waals surface area contributed by atoms with Crippen LogP contribution >= 0.6 is 0 Å². The largest absolute Gasteiger partial charge is 0.253 e. The maximum absolute atomic E-state index is 14.3. The highest BCUT2D eigenvalue weighted by Gasteiger charge is 2.34. The van der Waals surface area contributed by atoms with E-state index in [2.05, 4.69) is 0 Å². The SMILES string of the molecule is Fc1ccc(B(c2ccc(F)c(F)c2F)c2ccc(F)c(F)c2F)c(F)c1F. The van der Waals surface area contributed by atoms with E-state index in [4.69, 9.17) is 0 Å². The number of rotatable bonds is 3. The molecule has 3 aromatic carbocycles. The van der Waals surface area contributed by atoms with Crippen LogP contribution in [0.15, 0.2) is 36.4 Å². The predicted molar refractivity (Wildman–Crippen MR) is 83.6 cm³/mol. The van der Waals surface area contributed by atoms with Crippen LogP contribution in [-0.4, -0.2) is 6.71 Å². The van der Waals surface area contributed by atoms with E-state index >= 15 is 0 Å². The molecule has 3 aromatic rings. The molecule has 0 atom stereocenters. The van der Waals surface area contributed by atoms with Crippen molar-refractivity contribution in [2.75, 3.05) is 0 Å².